The predicted octanol–water partition coefficient (Wildman–Crippen LogP) is 7.30. The Morgan fingerprint density at radius 1 is 0.816 bits per heavy atom. The number of esters is 1. The zero-order valence-electron chi connectivity index (χ0n) is 26.3. The lowest BCUT2D eigenvalue weighted by molar-refractivity contribution is -0.114. The monoisotopic (exact) mass is 710 g/mol. The number of carbonyl (C=O) groups excluding carboxylic acids is 5. The maximum absolute atomic E-state index is 13.4. The van der Waals surface area contributed by atoms with Gasteiger partial charge in [-0.05, 0) is 83.4 Å². The Hall–Kier alpha value is -5.50. The molecule has 0 atom stereocenters. The first-order valence-corrected chi connectivity index (χ1v) is 17.5. The van der Waals surface area contributed by atoms with Crippen LogP contribution < -0.4 is 21.3 Å². The van der Waals surface area contributed by atoms with E-state index in [9.17, 15) is 24.0 Å². The minimum Gasteiger partial charge on any atom is -0.465 e. The number of thiophene rings is 2. The molecule has 0 aliphatic heterocycles. The molecule has 5 aromatic rings. The number of hydrogen-bond acceptors (Lipinski definition) is 9. The highest BCUT2D eigenvalue weighted by Gasteiger charge is 2.26. The van der Waals surface area contributed by atoms with Crippen molar-refractivity contribution in [2.24, 2.45) is 0 Å². The van der Waals surface area contributed by atoms with Gasteiger partial charge < -0.3 is 26.0 Å². The third-order valence-corrected chi connectivity index (χ3v) is 9.77. The molecule has 5 rings (SSSR count). The topological polar surface area (TPSA) is 143 Å². The average molecular weight is 711 g/mol. The highest BCUT2D eigenvalue weighted by molar-refractivity contribution is 8.00. The fourth-order valence-corrected chi connectivity index (χ4v) is 6.99. The highest BCUT2D eigenvalue weighted by Crippen LogP contribution is 2.34. The molecule has 0 fully saturated rings. The van der Waals surface area contributed by atoms with Gasteiger partial charge in [0.05, 0.1) is 23.3 Å². The Morgan fingerprint density at radius 2 is 1.53 bits per heavy atom. The van der Waals surface area contributed by atoms with Crippen LogP contribution in [0.25, 0.3) is 6.08 Å². The zero-order valence-corrected chi connectivity index (χ0v) is 28.7. The van der Waals surface area contributed by atoms with Crippen molar-refractivity contribution in [3.63, 3.8) is 0 Å². The summed E-state index contributed by atoms with van der Waals surface area (Å²) < 4.78 is 4.93. The van der Waals surface area contributed by atoms with Crippen molar-refractivity contribution in [2.45, 2.75) is 11.8 Å². The van der Waals surface area contributed by atoms with Crippen LogP contribution in [0.5, 0.6) is 0 Å². The molecule has 0 saturated carbocycles. The van der Waals surface area contributed by atoms with E-state index in [0.717, 1.165) is 16.9 Å². The number of hydrogen-bond donors (Lipinski definition) is 4. The number of anilines is 3. The highest BCUT2D eigenvalue weighted by atomic mass is 32.2. The van der Waals surface area contributed by atoms with Crippen molar-refractivity contribution in [3.8, 4) is 0 Å². The summed E-state index contributed by atoms with van der Waals surface area (Å²) >= 11 is 3.66. The van der Waals surface area contributed by atoms with E-state index in [2.05, 4.69) is 21.3 Å². The van der Waals surface area contributed by atoms with Gasteiger partial charge in [-0.25, -0.2) is 4.79 Å². The molecule has 3 aromatic carbocycles. The molecule has 0 spiro atoms. The van der Waals surface area contributed by atoms with Crippen molar-refractivity contribution in [1.82, 2.24) is 5.32 Å². The van der Waals surface area contributed by atoms with E-state index in [1.807, 2.05) is 22.9 Å². The molecule has 0 aliphatic rings. The first-order valence-electron chi connectivity index (χ1n) is 14.7. The maximum atomic E-state index is 13.4. The number of ether oxygens (including phenoxy) is 1. The molecule has 4 amide bonds. The van der Waals surface area contributed by atoms with Crippen LogP contribution in [0.1, 0.15) is 41.5 Å². The Balaban J connectivity index is 1.25. The molecule has 0 unspecified atom stereocenters. The summed E-state index contributed by atoms with van der Waals surface area (Å²) in [6.45, 7) is 1.63. The lowest BCUT2D eigenvalue weighted by Gasteiger charge is -2.12. The second-order valence-electron chi connectivity index (χ2n) is 10.3. The van der Waals surface area contributed by atoms with Gasteiger partial charge in [-0.3, -0.25) is 19.2 Å². The number of rotatable bonds is 12. The number of nitrogens with one attached hydrogen (secondary N) is 4. The van der Waals surface area contributed by atoms with Gasteiger partial charge in [0, 0.05) is 21.8 Å². The van der Waals surface area contributed by atoms with Gasteiger partial charge in [-0.2, -0.15) is 11.3 Å². The summed E-state index contributed by atoms with van der Waals surface area (Å²) in [6.07, 6.45) is 1.60. The summed E-state index contributed by atoms with van der Waals surface area (Å²) in [6, 6.07) is 26.2. The SMILES string of the molecule is COC(=O)c1c(NC(=O)CSc2cccc(NC(=O)/C(=C/c3ccsc3)NC(=O)c3ccccc3)c2)sc(C(=O)Nc2ccccc2)c1C. The molecule has 248 valence electrons. The summed E-state index contributed by atoms with van der Waals surface area (Å²) in [5.74, 6) is -2.48. The standard InChI is InChI=1S/C36H30N4O6S3/c1-22-30(36(45)46-2)35(49-31(22)34(44)37-25-12-7-4-8-13-25)40-29(41)21-48-27-15-9-14-26(19-27)38-33(43)28(18-23-16-17-47-20-23)39-32(42)24-10-5-3-6-11-24/h3-20H,21H2,1-2H3,(H,37,44)(H,38,43)(H,39,42)(H,40,41)/b28-18-. The van der Waals surface area contributed by atoms with Crippen molar-refractivity contribution in [1.29, 1.82) is 0 Å². The maximum Gasteiger partial charge on any atom is 0.341 e. The third kappa shape index (κ3) is 9.32. The Labute approximate surface area is 294 Å². The van der Waals surface area contributed by atoms with Crippen LogP contribution in [0.15, 0.2) is 112 Å². The second-order valence-corrected chi connectivity index (χ2v) is 13.2. The molecular weight excluding hydrogens is 681 g/mol. The number of benzene rings is 3. The molecule has 0 radical (unpaired) electrons. The van der Waals surface area contributed by atoms with Gasteiger partial charge in [0.15, 0.2) is 0 Å². The number of amides is 4. The molecule has 10 nitrogen and oxygen atoms in total. The van der Waals surface area contributed by atoms with Crippen molar-refractivity contribution in [3.05, 3.63) is 135 Å². The van der Waals surface area contributed by atoms with E-state index in [0.29, 0.717) is 27.4 Å². The quantitative estimate of drug-likeness (QED) is 0.0605. The van der Waals surface area contributed by atoms with Crippen molar-refractivity contribution < 1.29 is 28.7 Å². The minimum absolute atomic E-state index is 0.0308. The first-order chi connectivity index (χ1) is 23.7. The van der Waals surface area contributed by atoms with Crippen LogP contribution >= 0.6 is 34.4 Å². The molecule has 0 bridgehead atoms. The lowest BCUT2D eigenvalue weighted by Crippen LogP contribution is -2.30. The summed E-state index contributed by atoms with van der Waals surface area (Å²) in [7, 11) is 1.23. The number of methoxy groups -OCH3 is 1. The van der Waals surface area contributed by atoms with Gasteiger partial charge in [0.25, 0.3) is 17.7 Å². The van der Waals surface area contributed by atoms with Crippen LogP contribution in [-0.2, 0) is 14.3 Å². The van der Waals surface area contributed by atoms with Crippen LogP contribution in [0.3, 0.4) is 0 Å². The van der Waals surface area contributed by atoms with Crippen molar-refractivity contribution >= 4 is 86.5 Å². The molecule has 2 heterocycles. The van der Waals surface area contributed by atoms with E-state index in [4.69, 9.17) is 4.74 Å². The normalized spacial score (nSPS) is 10.9. The summed E-state index contributed by atoms with van der Waals surface area (Å²) in [5.41, 5.74) is 2.78. The number of para-hydroxylation sites is 1. The van der Waals surface area contributed by atoms with Gasteiger partial charge in [-0.1, -0.05) is 42.5 Å². The fraction of sp³-hybridized carbons (Fsp3) is 0.0833. The average Bonchev–Trinajstić information content (AvgIpc) is 3.75. The Morgan fingerprint density at radius 3 is 2.22 bits per heavy atom. The molecule has 4 N–H and O–H groups in total. The molecule has 0 aliphatic carbocycles. The molecular formula is C36H30N4O6S3. The van der Waals surface area contributed by atoms with E-state index >= 15 is 0 Å². The third-order valence-electron chi connectivity index (χ3n) is 6.87. The Kier molecular flexibility index (Phi) is 11.8. The van der Waals surface area contributed by atoms with Gasteiger partial charge in [0.2, 0.25) is 5.91 Å². The lowest BCUT2D eigenvalue weighted by atomic mass is 10.1. The molecule has 49 heavy (non-hydrogen) atoms. The van der Waals surface area contributed by atoms with Crippen LogP contribution in [-0.4, -0.2) is 42.5 Å². The largest absolute Gasteiger partial charge is 0.465 e. The first kappa shape index (κ1) is 34.8. The minimum atomic E-state index is -0.675. The Bertz CT molecular complexity index is 2010. The smallest absolute Gasteiger partial charge is 0.341 e. The molecule has 2 aromatic heterocycles. The molecule has 0 saturated heterocycles. The van der Waals surface area contributed by atoms with Gasteiger partial charge >= 0.3 is 5.97 Å². The van der Waals surface area contributed by atoms with E-state index in [-0.39, 0.29) is 26.9 Å². The van der Waals surface area contributed by atoms with Gasteiger partial charge in [-0.15, -0.1) is 23.1 Å². The van der Waals surface area contributed by atoms with E-state index in [1.54, 1.807) is 91.9 Å². The van der Waals surface area contributed by atoms with Gasteiger partial charge in [0.1, 0.15) is 10.7 Å². The fourth-order valence-electron chi connectivity index (χ4n) is 4.52. The van der Waals surface area contributed by atoms with E-state index < -0.39 is 29.6 Å². The zero-order chi connectivity index (χ0) is 34.8. The van der Waals surface area contributed by atoms with Crippen molar-refractivity contribution in [2.75, 3.05) is 28.8 Å². The van der Waals surface area contributed by atoms with Crippen LogP contribution in [0, 0.1) is 6.92 Å². The summed E-state index contributed by atoms with van der Waals surface area (Å²) in [5, 5.41) is 15.0. The van der Waals surface area contributed by atoms with Crippen LogP contribution in [0.2, 0.25) is 0 Å². The number of thioether (sulfide) groups is 1. The second kappa shape index (κ2) is 16.6. The van der Waals surface area contributed by atoms with E-state index in [1.165, 1.54) is 30.2 Å². The number of carbonyl (C=O) groups is 5. The molecule has 13 heteroatoms. The predicted molar refractivity (Wildman–Crippen MR) is 195 cm³/mol. The summed E-state index contributed by atoms with van der Waals surface area (Å²) in [4.78, 5) is 65.9. The van der Waals surface area contributed by atoms with Crippen LogP contribution in [0.4, 0.5) is 16.4 Å².